The molecule has 0 saturated carbocycles. The number of aromatic amines is 1. The molecule has 1 aliphatic heterocycles. The molecule has 0 bridgehead atoms. The number of nitrogens with zero attached hydrogens (tertiary/aromatic N) is 4. The van der Waals surface area contributed by atoms with E-state index in [0.717, 1.165) is 84.6 Å². The van der Waals surface area contributed by atoms with Crippen LogP contribution in [-0.2, 0) is 6.54 Å². The molecule has 1 aliphatic rings. The van der Waals surface area contributed by atoms with E-state index in [1.807, 2.05) is 84.3 Å². The lowest BCUT2D eigenvalue weighted by molar-refractivity contribution is 0.0954. The third-order valence-electron chi connectivity index (χ3n) is 8.99. The van der Waals surface area contributed by atoms with Gasteiger partial charge < -0.3 is 15.6 Å². The molecule has 7 rings (SSSR count). The van der Waals surface area contributed by atoms with Crippen molar-refractivity contribution >= 4 is 28.0 Å². The van der Waals surface area contributed by atoms with Gasteiger partial charge in [-0.25, -0.2) is 14.8 Å². The molecule has 0 spiro atoms. The van der Waals surface area contributed by atoms with Gasteiger partial charge in [0.05, 0.1) is 33.5 Å². The van der Waals surface area contributed by atoms with Crippen LogP contribution in [0, 0.1) is 0 Å². The van der Waals surface area contributed by atoms with Gasteiger partial charge >= 0.3 is 5.69 Å². The number of piperidine rings is 1. The zero-order valence-electron chi connectivity index (χ0n) is 26.6. The van der Waals surface area contributed by atoms with Crippen molar-refractivity contribution in [1.29, 1.82) is 0 Å². The highest BCUT2D eigenvalue weighted by molar-refractivity contribution is 5.98. The average Bonchev–Trinajstić information content (AvgIpc) is 3.46. The summed E-state index contributed by atoms with van der Waals surface area (Å²) in [6.07, 6.45) is 1.87. The summed E-state index contributed by atoms with van der Waals surface area (Å²) in [7, 11) is 0. The molecule has 0 radical (unpaired) electrons. The van der Waals surface area contributed by atoms with E-state index in [-0.39, 0.29) is 17.6 Å². The van der Waals surface area contributed by atoms with Gasteiger partial charge in [0.15, 0.2) is 0 Å². The van der Waals surface area contributed by atoms with Crippen molar-refractivity contribution in [2.24, 2.45) is 0 Å². The van der Waals surface area contributed by atoms with Crippen LogP contribution in [0.2, 0.25) is 0 Å². The van der Waals surface area contributed by atoms with Gasteiger partial charge in [0.1, 0.15) is 0 Å². The Morgan fingerprint density at radius 1 is 0.830 bits per heavy atom. The highest BCUT2D eigenvalue weighted by Gasteiger charge is 2.24. The molecule has 47 heavy (non-hydrogen) atoms. The van der Waals surface area contributed by atoms with Gasteiger partial charge in [0.25, 0.3) is 5.91 Å². The van der Waals surface area contributed by atoms with E-state index in [1.165, 1.54) is 5.56 Å². The van der Waals surface area contributed by atoms with Crippen molar-refractivity contribution in [2.45, 2.75) is 32.4 Å². The highest BCUT2D eigenvalue weighted by atomic mass is 16.2. The summed E-state index contributed by atoms with van der Waals surface area (Å²) in [4.78, 5) is 41.1. The predicted molar refractivity (Wildman–Crippen MR) is 187 cm³/mol. The van der Waals surface area contributed by atoms with Crippen molar-refractivity contribution in [2.75, 3.05) is 32.7 Å². The Bertz CT molecular complexity index is 2060. The minimum Gasteiger partial charge on any atom is -0.351 e. The fraction of sp³-hybridized carbons (Fsp3) is 0.263. The average molecular weight is 626 g/mol. The fourth-order valence-corrected chi connectivity index (χ4v) is 6.54. The Labute approximate surface area is 273 Å². The molecule has 1 amide bonds. The zero-order chi connectivity index (χ0) is 32.2. The number of aromatic nitrogens is 4. The van der Waals surface area contributed by atoms with Gasteiger partial charge in [-0.05, 0) is 55.3 Å². The van der Waals surface area contributed by atoms with Crippen molar-refractivity contribution < 1.29 is 4.79 Å². The van der Waals surface area contributed by atoms with Crippen LogP contribution in [0.3, 0.4) is 0 Å². The molecule has 1 saturated heterocycles. The molecule has 6 aromatic rings. The number of imidazole rings is 1. The molecule has 9 heteroatoms. The summed E-state index contributed by atoms with van der Waals surface area (Å²) in [6, 6.07) is 32.3. The first-order valence-corrected chi connectivity index (χ1v) is 16.4. The summed E-state index contributed by atoms with van der Waals surface area (Å²) in [6.45, 7) is 6.89. The van der Waals surface area contributed by atoms with Crippen LogP contribution in [0.5, 0.6) is 0 Å². The van der Waals surface area contributed by atoms with Crippen molar-refractivity contribution in [3.05, 3.63) is 119 Å². The Balaban J connectivity index is 1.10. The van der Waals surface area contributed by atoms with Crippen molar-refractivity contribution in [3.63, 3.8) is 0 Å². The minimum absolute atomic E-state index is 0.0219. The fourth-order valence-electron chi connectivity index (χ4n) is 6.54. The minimum atomic E-state index is -0.123. The number of benzene rings is 4. The van der Waals surface area contributed by atoms with Gasteiger partial charge in [-0.3, -0.25) is 14.3 Å². The molecule has 238 valence electrons. The molecular weight excluding hydrogens is 586 g/mol. The molecule has 3 heterocycles. The number of hydrogen-bond acceptors (Lipinski definition) is 6. The number of H-pyrrole nitrogens is 1. The van der Waals surface area contributed by atoms with Crippen LogP contribution in [0.4, 0.5) is 0 Å². The lowest BCUT2D eigenvalue weighted by Crippen LogP contribution is -2.36. The first-order chi connectivity index (χ1) is 23.1. The number of likely N-dealkylation sites (tertiary alicyclic amines) is 1. The molecule has 9 nitrogen and oxygen atoms in total. The topological polar surface area (TPSA) is 108 Å². The van der Waals surface area contributed by atoms with E-state index in [0.29, 0.717) is 17.6 Å². The molecule has 3 N–H and O–H groups in total. The highest BCUT2D eigenvalue weighted by Crippen LogP contribution is 2.32. The summed E-state index contributed by atoms with van der Waals surface area (Å²) in [5.41, 5.74) is 8.62. The van der Waals surface area contributed by atoms with Crippen LogP contribution in [0.25, 0.3) is 44.6 Å². The normalized spacial score (nSPS) is 14.1. The second-order valence-electron chi connectivity index (χ2n) is 12.1. The third kappa shape index (κ3) is 6.58. The number of fused-ring (bicyclic) bond motifs is 2. The Morgan fingerprint density at radius 3 is 2.30 bits per heavy atom. The summed E-state index contributed by atoms with van der Waals surface area (Å²) in [5.74, 6) is -0.123. The van der Waals surface area contributed by atoms with Crippen LogP contribution in [0.15, 0.2) is 102 Å². The van der Waals surface area contributed by atoms with Crippen LogP contribution in [0.1, 0.15) is 41.7 Å². The number of para-hydroxylation sites is 2. The van der Waals surface area contributed by atoms with Crippen molar-refractivity contribution in [3.8, 4) is 22.5 Å². The van der Waals surface area contributed by atoms with Crippen LogP contribution in [-0.4, -0.2) is 63.0 Å². The maximum atomic E-state index is 12.8. The lowest BCUT2D eigenvalue weighted by Gasteiger charge is -2.32. The molecular formula is C38H39N7O2. The second-order valence-corrected chi connectivity index (χ2v) is 12.1. The number of carbonyl (C=O) groups excluding carboxylic acids is 1. The predicted octanol–water partition coefficient (Wildman–Crippen LogP) is 5.78. The second kappa shape index (κ2) is 13.7. The Hall–Kier alpha value is -5.12. The van der Waals surface area contributed by atoms with Gasteiger partial charge in [0, 0.05) is 55.5 Å². The zero-order valence-corrected chi connectivity index (χ0v) is 26.6. The third-order valence-corrected chi connectivity index (χ3v) is 8.99. The van der Waals surface area contributed by atoms with E-state index in [4.69, 9.17) is 9.97 Å². The molecule has 0 atom stereocenters. The number of rotatable bonds is 10. The van der Waals surface area contributed by atoms with Crippen molar-refractivity contribution in [1.82, 2.24) is 35.1 Å². The Kier molecular flexibility index (Phi) is 8.90. The van der Waals surface area contributed by atoms with E-state index in [1.54, 1.807) is 0 Å². The van der Waals surface area contributed by atoms with E-state index in [2.05, 4.69) is 44.8 Å². The first-order valence-electron chi connectivity index (χ1n) is 16.4. The first kappa shape index (κ1) is 30.5. The van der Waals surface area contributed by atoms with Gasteiger partial charge in [-0.15, -0.1) is 0 Å². The van der Waals surface area contributed by atoms with E-state index < -0.39 is 0 Å². The molecule has 0 aliphatic carbocycles. The maximum Gasteiger partial charge on any atom is 0.326 e. The number of likely N-dealkylation sites (N-methyl/N-ethyl adjacent to an activating group) is 1. The lowest BCUT2D eigenvalue weighted by atomic mass is 10.0. The Morgan fingerprint density at radius 2 is 1.53 bits per heavy atom. The summed E-state index contributed by atoms with van der Waals surface area (Å²) in [5, 5.41) is 6.19. The summed E-state index contributed by atoms with van der Waals surface area (Å²) < 4.78 is 1.94. The largest absolute Gasteiger partial charge is 0.351 e. The quantitative estimate of drug-likeness (QED) is 0.167. The van der Waals surface area contributed by atoms with Crippen LogP contribution >= 0.6 is 0 Å². The van der Waals surface area contributed by atoms with Crippen LogP contribution < -0.4 is 16.3 Å². The monoisotopic (exact) mass is 625 g/mol. The van der Waals surface area contributed by atoms with Gasteiger partial charge in [-0.2, -0.15) is 0 Å². The number of nitrogens with one attached hydrogen (secondary N) is 3. The smallest absolute Gasteiger partial charge is 0.326 e. The van der Waals surface area contributed by atoms with Gasteiger partial charge in [0.2, 0.25) is 0 Å². The molecule has 0 unspecified atom stereocenters. The molecule has 2 aromatic heterocycles. The van der Waals surface area contributed by atoms with E-state index >= 15 is 0 Å². The standard InChI is InChI=1S/C38H39N7O2/c1-2-39-20-21-40-37(46)29-16-17-31-33(24-29)42-36(35(41-31)27-8-4-3-5-9-27)28-14-12-26(13-15-28)25-44-22-18-30(19-23-44)45-34-11-7-6-10-32(34)43-38(45)47/h3-17,24,30,39H,2,18-23,25H2,1H3,(H,40,46)(H,43,47). The molecule has 4 aromatic carbocycles. The van der Waals surface area contributed by atoms with E-state index in [9.17, 15) is 9.59 Å². The SMILES string of the molecule is CCNCCNC(=O)c1ccc2nc(-c3ccccc3)c(-c3ccc(CN4CCC(n5c(=O)[nH]c6ccccc65)CC4)cc3)nc2c1. The maximum absolute atomic E-state index is 12.8. The number of amides is 1. The number of carbonyl (C=O) groups is 1. The number of hydrogen-bond donors (Lipinski definition) is 3. The molecule has 1 fully saturated rings. The summed E-state index contributed by atoms with van der Waals surface area (Å²) >= 11 is 0. The van der Waals surface area contributed by atoms with Gasteiger partial charge in [-0.1, -0.05) is 73.7 Å².